The molecule has 0 radical (unpaired) electrons. The summed E-state index contributed by atoms with van der Waals surface area (Å²) in [7, 11) is 0. The van der Waals surface area contributed by atoms with E-state index in [0.717, 1.165) is 0 Å². The van der Waals surface area contributed by atoms with Crippen LogP contribution in [-0.2, 0) is 61.8 Å². The number of esters is 1. The Bertz CT molecular complexity index is 601. The van der Waals surface area contributed by atoms with Gasteiger partial charge in [0, 0.05) is 6.42 Å². The van der Waals surface area contributed by atoms with Crippen molar-refractivity contribution in [2.45, 2.75) is 12.8 Å². The second-order valence-electron chi connectivity index (χ2n) is 7.39. The fraction of sp³-hybridized carbons (Fsp3) is 0.800. The highest BCUT2D eigenvalue weighted by molar-refractivity contribution is 6.32. The van der Waals surface area contributed by atoms with Gasteiger partial charge in [0.05, 0.1) is 118 Å². The topological polar surface area (TPSA) is 164 Å². The first-order chi connectivity index (χ1) is 19.1. The predicted octanol–water partition coefficient (Wildman–Crippen LogP) is 0.256. The number of carbonyl (C=O) groups excluding carboxylic acids is 2. The minimum Gasteiger partial charge on any atom is -0.499 e. The number of aliphatic carboxylic acids is 1. The first kappa shape index (κ1) is 36.8. The number of hydrogen-bond donors (Lipinski definition) is 1. The molecule has 14 heteroatoms. The zero-order chi connectivity index (χ0) is 28.7. The van der Waals surface area contributed by atoms with Crippen LogP contribution in [0.2, 0.25) is 0 Å². The highest BCUT2D eigenvalue weighted by atomic mass is 16.6. The summed E-state index contributed by atoms with van der Waals surface area (Å²) >= 11 is 0. The SMILES string of the molecule is C=COCCOCCOCCOCCOCCOCCOCCOCCOCCOC(=O)CCC(=O)C(=O)O. The molecule has 39 heavy (non-hydrogen) atoms. The van der Waals surface area contributed by atoms with Gasteiger partial charge in [0.1, 0.15) is 13.2 Å². The van der Waals surface area contributed by atoms with Gasteiger partial charge in [-0.2, -0.15) is 0 Å². The third kappa shape index (κ3) is 30.2. The molecule has 0 aliphatic heterocycles. The van der Waals surface area contributed by atoms with Crippen molar-refractivity contribution in [3.8, 4) is 0 Å². The molecule has 0 fully saturated rings. The van der Waals surface area contributed by atoms with E-state index in [1.807, 2.05) is 0 Å². The number of ether oxygens (including phenoxy) is 10. The average molecular weight is 569 g/mol. The number of ketones is 1. The van der Waals surface area contributed by atoms with Gasteiger partial charge in [0.25, 0.3) is 0 Å². The van der Waals surface area contributed by atoms with Gasteiger partial charge in [-0.1, -0.05) is 6.58 Å². The van der Waals surface area contributed by atoms with Crippen LogP contribution in [0.1, 0.15) is 12.8 Å². The van der Waals surface area contributed by atoms with E-state index in [0.29, 0.717) is 106 Å². The highest BCUT2D eigenvalue weighted by Crippen LogP contribution is 1.95. The number of hydrogen-bond acceptors (Lipinski definition) is 13. The molecule has 0 unspecified atom stereocenters. The summed E-state index contributed by atoms with van der Waals surface area (Å²) in [6, 6.07) is 0. The van der Waals surface area contributed by atoms with E-state index in [-0.39, 0.29) is 26.1 Å². The Kier molecular flexibility index (Phi) is 28.7. The molecule has 228 valence electrons. The van der Waals surface area contributed by atoms with Crippen LogP contribution in [0, 0.1) is 0 Å². The summed E-state index contributed by atoms with van der Waals surface area (Å²) in [6.45, 7) is 10.9. The van der Waals surface area contributed by atoms with Crippen LogP contribution >= 0.6 is 0 Å². The Balaban J connectivity index is 3.13. The van der Waals surface area contributed by atoms with E-state index >= 15 is 0 Å². The lowest BCUT2D eigenvalue weighted by Crippen LogP contribution is -2.17. The van der Waals surface area contributed by atoms with Gasteiger partial charge in [-0.3, -0.25) is 9.59 Å². The van der Waals surface area contributed by atoms with Gasteiger partial charge in [-0.05, 0) is 0 Å². The summed E-state index contributed by atoms with van der Waals surface area (Å²) in [4.78, 5) is 32.5. The Labute approximate surface area is 229 Å². The van der Waals surface area contributed by atoms with E-state index in [2.05, 4.69) is 6.58 Å². The lowest BCUT2D eigenvalue weighted by Gasteiger charge is -2.09. The van der Waals surface area contributed by atoms with Crippen LogP contribution in [0.25, 0.3) is 0 Å². The molecule has 0 saturated carbocycles. The Morgan fingerprint density at radius 1 is 0.487 bits per heavy atom. The third-order valence-corrected chi connectivity index (χ3v) is 4.35. The number of Topliss-reactive ketones (excluding diaryl/α,β-unsaturated/α-hetero) is 1. The Hall–Kier alpha value is -2.17. The van der Waals surface area contributed by atoms with E-state index in [1.165, 1.54) is 6.26 Å². The van der Waals surface area contributed by atoms with Crippen LogP contribution in [0.3, 0.4) is 0 Å². The first-order valence-electron chi connectivity index (χ1n) is 12.8. The van der Waals surface area contributed by atoms with Gasteiger partial charge in [0.2, 0.25) is 5.78 Å². The highest BCUT2D eigenvalue weighted by Gasteiger charge is 2.14. The molecule has 0 aliphatic rings. The number of rotatable bonds is 32. The van der Waals surface area contributed by atoms with Crippen molar-refractivity contribution in [1.29, 1.82) is 0 Å². The van der Waals surface area contributed by atoms with Gasteiger partial charge in [0.15, 0.2) is 0 Å². The Morgan fingerprint density at radius 3 is 1.10 bits per heavy atom. The molecule has 0 aliphatic carbocycles. The van der Waals surface area contributed by atoms with Gasteiger partial charge in [-0.25, -0.2) is 4.79 Å². The first-order valence-corrected chi connectivity index (χ1v) is 12.8. The maximum atomic E-state index is 11.3. The fourth-order valence-corrected chi connectivity index (χ4v) is 2.44. The van der Waals surface area contributed by atoms with E-state index in [9.17, 15) is 14.4 Å². The van der Waals surface area contributed by atoms with Crippen LogP contribution in [0.4, 0.5) is 0 Å². The van der Waals surface area contributed by atoms with Crippen molar-refractivity contribution >= 4 is 17.7 Å². The minimum atomic E-state index is -1.56. The van der Waals surface area contributed by atoms with Crippen molar-refractivity contribution in [3.05, 3.63) is 12.8 Å². The largest absolute Gasteiger partial charge is 0.499 e. The van der Waals surface area contributed by atoms with Crippen molar-refractivity contribution in [1.82, 2.24) is 0 Å². The summed E-state index contributed by atoms with van der Waals surface area (Å²) < 4.78 is 52.6. The van der Waals surface area contributed by atoms with Crippen LogP contribution < -0.4 is 0 Å². The van der Waals surface area contributed by atoms with Crippen LogP contribution in [0.15, 0.2) is 12.8 Å². The molecule has 0 saturated heterocycles. The molecule has 0 aromatic carbocycles. The smallest absolute Gasteiger partial charge is 0.372 e. The van der Waals surface area contributed by atoms with Crippen molar-refractivity contribution in [2.24, 2.45) is 0 Å². The average Bonchev–Trinajstić information content (AvgIpc) is 2.93. The van der Waals surface area contributed by atoms with Gasteiger partial charge in [-0.15, -0.1) is 0 Å². The van der Waals surface area contributed by atoms with E-state index < -0.39 is 17.7 Å². The van der Waals surface area contributed by atoms with Gasteiger partial charge >= 0.3 is 11.9 Å². The van der Waals surface area contributed by atoms with Gasteiger partial charge < -0.3 is 52.5 Å². The molecule has 0 aromatic heterocycles. The second kappa shape index (κ2) is 30.4. The second-order valence-corrected chi connectivity index (χ2v) is 7.39. The predicted molar refractivity (Wildman–Crippen MR) is 136 cm³/mol. The lowest BCUT2D eigenvalue weighted by atomic mass is 10.2. The summed E-state index contributed by atoms with van der Waals surface area (Å²) in [5, 5.41) is 8.42. The normalized spacial score (nSPS) is 10.9. The quantitative estimate of drug-likeness (QED) is 0.0508. The summed E-state index contributed by atoms with van der Waals surface area (Å²) in [6.07, 6.45) is 0.726. The molecular weight excluding hydrogens is 524 g/mol. The summed E-state index contributed by atoms with van der Waals surface area (Å²) in [5.74, 6) is -3.23. The molecule has 0 heterocycles. The molecule has 1 N–H and O–H groups in total. The standard InChI is InChI=1S/C25H44O14/c1-2-30-5-6-31-7-8-32-9-10-33-11-12-34-13-14-35-15-16-36-17-18-37-19-20-38-21-22-39-24(27)4-3-23(26)25(28)29/h2H,1,3-22H2,(H,28,29). The number of carbonyl (C=O) groups is 3. The third-order valence-electron chi connectivity index (χ3n) is 4.35. The van der Waals surface area contributed by atoms with E-state index in [4.69, 9.17) is 52.5 Å². The molecular formula is C25H44O14. The summed E-state index contributed by atoms with van der Waals surface area (Å²) in [5.41, 5.74) is 0. The van der Waals surface area contributed by atoms with Crippen molar-refractivity contribution in [3.63, 3.8) is 0 Å². The molecule has 0 atom stereocenters. The minimum absolute atomic E-state index is 0.0166. The van der Waals surface area contributed by atoms with E-state index in [1.54, 1.807) is 0 Å². The monoisotopic (exact) mass is 568 g/mol. The van der Waals surface area contributed by atoms with Crippen molar-refractivity contribution < 1.29 is 66.9 Å². The van der Waals surface area contributed by atoms with Crippen LogP contribution in [0.5, 0.6) is 0 Å². The Morgan fingerprint density at radius 2 is 0.795 bits per heavy atom. The lowest BCUT2D eigenvalue weighted by molar-refractivity contribution is -0.151. The molecule has 0 rings (SSSR count). The number of carboxylic acid groups (broad SMARTS) is 1. The molecule has 0 bridgehead atoms. The maximum Gasteiger partial charge on any atom is 0.372 e. The molecule has 14 nitrogen and oxygen atoms in total. The van der Waals surface area contributed by atoms with Crippen LogP contribution in [-0.4, -0.2) is 142 Å². The number of carboxylic acids is 1. The maximum absolute atomic E-state index is 11.3. The molecule has 0 aromatic rings. The van der Waals surface area contributed by atoms with Crippen molar-refractivity contribution in [2.75, 3.05) is 119 Å². The zero-order valence-electron chi connectivity index (χ0n) is 22.7. The fourth-order valence-electron chi connectivity index (χ4n) is 2.44. The molecule has 0 amide bonds. The zero-order valence-corrected chi connectivity index (χ0v) is 22.7. The molecule has 0 spiro atoms.